The van der Waals surface area contributed by atoms with E-state index in [0.29, 0.717) is 17.2 Å². The number of aliphatic hydroxyl groups excluding tert-OH is 1. The minimum atomic E-state index is -0.794. The summed E-state index contributed by atoms with van der Waals surface area (Å²) in [6, 6.07) is 9.42. The quantitative estimate of drug-likeness (QED) is 0.852. The number of carbonyl (C=O) groups excluding carboxylic acids is 2. The number of amides is 1. The zero-order chi connectivity index (χ0) is 18.8. The first kappa shape index (κ1) is 17.8. The van der Waals surface area contributed by atoms with Gasteiger partial charge in [0.2, 0.25) is 0 Å². The van der Waals surface area contributed by atoms with Gasteiger partial charge in [-0.2, -0.15) is 0 Å². The highest BCUT2D eigenvalue weighted by molar-refractivity contribution is 6.16. The average Bonchev–Trinajstić information content (AvgIpc) is 3.22. The fourth-order valence-electron chi connectivity index (χ4n) is 3.10. The maximum Gasteiger partial charge on any atom is 0.294 e. The van der Waals surface area contributed by atoms with E-state index >= 15 is 0 Å². The molecule has 1 aromatic heterocycles. The summed E-state index contributed by atoms with van der Waals surface area (Å²) in [6.07, 6.45) is 1.71. The van der Waals surface area contributed by atoms with Gasteiger partial charge in [-0.25, -0.2) is 0 Å². The van der Waals surface area contributed by atoms with Crippen LogP contribution in [0.4, 0.5) is 5.69 Å². The van der Waals surface area contributed by atoms with Gasteiger partial charge in [0.25, 0.3) is 5.91 Å². The van der Waals surface area contributed by atoms with E-state index in [4.69, 9.17) is 9.15 Å². The molecule has 0 saturated carbocycles. The van der Waals surface area contributed by atoms with Crippen molar-refractivity contribution in [1.82, 2.24) is 0 Å². The smallest absolute Gasteiger partial charge is 0.294 e. The Morgan fingerprint density at radius 1 is 1.27 bits per heavy atom. The first-order valence-corrected chi connectivity index (χ1v) is 8.41. The monoisotopic (exact) mass is 355 g/mol. The third-order valence-electron chi connectivity index (χ3n) is 4.27. The number of carbonyl (C=O) groups is 2. The van der Waals surface area contributed by atoms with Crippen LogP contribution in [0.2, 0.25) is 0 Å². The minimum absolute atomic E-state index is 0.0782. The van der Waals surface area contributed by atoms with Gasteiger partial charge >= 0.3 is 0 Å². The Morgan fingerprint density at radius 3 is 2.50 bits per heavy atom. The van der Waals surface area contributed by atoms with Crippen LogP contribution < -0.4 is 9.64 Å². The molecule has 1 unspecified atom stereocenters. The van der Waals surface area contributed by atoms with Crippen LogP contribution in [-0.2, 0) is 9.59 Å². The number of ether oxygens (including phenoxy) is 1. The van der Waals surface area contributed by atoms with Crippen molar-refractivity contribution < 1.29 is 23.8 Å². The van der Waals surface area contributed by atoms with Crippen molar-refractivity contribution in [1.29, 1.82) is 0 Å². The number of Topliss-reactive ketones (excluding diaryl/α,β-unsaturated/α-hetero) is 1. The van der Waals surface area contributed by atoms with Gasteiger partial charge < -0.3 is 14.3 Å². The number of aliphatic hydroxyl groups is 1. The molecule has 0 fully saturated rings. The van der Waals surface area contributed by atoms with Crippen LogP contribution in [0, 0.1) is 5.92 Å². The lowest BCUT2D eigenvalue weighted by molar-refractivity contribution is -0.118. The van der Waals surface area contributed by atoms with Crippen LogP contribution in [-0.4, -0.2) is 23.9 Å². The lowest BCUT2D eigenvalue weighted by atomic mass is 9.95. The number of benzene rings is 1. The van der Waals surface area contributed by atoms with Crippen molar-refractivity contribution in [3.05, 3.63) is 59.8 Å². The standard InChI is InChI=1S/C20H21NO5/c1-12(2)11-15(22)17-18(16-5-4-10-26-16)21(20(24)19(17)23)13-6-8-14(25-3)9-7-13/h4-10,12,18,23H,11H2,1-3H3. The topological polar surface area (TPSA) is 80.0 Å². The molecule has 1 aromatic carbocycles. The molecule has 0 bridgehead atoms. The van der Waals surface area contributed by atoms with Crippen molar-refractivity contribution in [2.45, 2.75) is 26.3 Å². The number of ketones is 1. The minimum Gasteiger partial charge on any atom is -0.503 e. The van der Waals surface area contributed by atoms with E-state index < -0.39 is 17.7 Å². The molecule has 1 N–H and O–H groups in total. The molecule has 3 rings (SSSR count). The number of furan rings is 1. The summed E-state index contributed by atoms with van der Waals surface area (Å²) in [6.45, 7) is 3.82. The highest BCUT2D eigenvalue weighted by atomic mass is 16.5. The second-order valence-corrected chi connectivity index (χ2v) is 6.57. The molecule has 1 atom stereocenters. The highest BCUT2D eigenvalue weighted by Gasteiger charge is 2.45. The van der Waals surface area contributed by atoms with E-state index in [1.165, 1.54) is 11.2 Å². The summed E-state index contributed by atoms with van der Waals surface area (Å²) in [7, 11) is 1.55. The lowest BCUT2D eigenvalue weighted by Gasteiger charge is -2.25. The molecular formula is C20H21NO5. The first-order valence-electron chi connectivity index (χ1n) is 8.41. The van der Waals surface area contributed by atoms with Crippen molar-refractivity contribution in [2.24, 2.45) is 5.92 Å². The van der Waals surface area contributed by atoms with E-state index in [1.807, 2.05) is 13.8 Å². The Balaban J connectivity index is 2.07. The Bertz CT molecular complexity index is 834. The number of methoxy groups -OCH3 is 1. The molecule has 0 aliphatic carbocycles. The molecular weight excluding hydrogens is 334 g/mol. The molecule has 136 valence electrons. The number of nitrogens with zero attached hydrogens (tertiary/aromatic N) is 1. The van der Waals surface area contributed by atoms with E-state index in [9.17, 15) is 14.7 Å². The van der Waals surface area contributed by atoms with Gasteiger partial charge in [0.15, 0.2) is 11.5 Å². The normalized spacial score (nSPS) is 17.3. The second-order valence-electron chi connectivity index (χ2n) is 6.57. The highest BCUT2D eigenvalue weighted by Crippen LogP contribution is 2.42. The zero-order valence-corrected chi connectivity index (χ0v) is 14.9. The van der Waals surface area contributed by atoms with Gasteiger partial charge in [-0.1, -0.05) is 13.8 Å². The molecule has 0 saturated heterocycles. The third kappa shape index (κ3) is 3.10. The molecule has 2 heterocycles. The Labute approximate surface area is 151 Å². The molecule has 1 aliphatic rings. The molecule has 0 radical (unpaired) electrons. The Morgan fingerprint density at radius 2 is 1.96 bits per heavy atom. The maximum atomic E-state index is 12.8. The largest absolute Gasteiger partial charge is 0.503 e. The van der Waals surface area contributed by atoms with Gasteiger partial charge in [0.05, 0.1) is 18.9 Å². The predicted molar refractivity (Wildman–Crippen MR) is 96.0 cm³/mol. The van der Waals surface area contributed by atoms with Gasteiger partial charge in [-0.05, 0) is 42.3 Å². The summed E-state index contributed by atoms with van der Waals surface area (Å²) in [5.41, 5.74) is 0.616. The Hall–Kier alpha value is -3.02. The summed E-state index contributed by atoms with van der Waals surface area (Å²) < 4.78 is 10.6. The number of hydrogen-bond acceptors (Lipinski definition) is 5. The second kappa shape index (κ2) is 7.07. The average molecular weight is 355 g/mol. The van der Waals surface area contributed by atoms with Crippen LogP contribution in [0.3, 0.4) is 0 Å². The number of hydrogen-bond donors (Lipinski definition) is 1. The van der Waals surface area contributed by atoms with E-state index in [-0.39, 0.29) is 23.7 Å². The zero-order valence-electron chi connectivity index (χ0n) is 14.9. The lowest BCUT2D eigenvalue weighted by Crippen LogP contribution is -2.30. The van der Waals surface area contributed by atoms with E-state index in [1.54, 1.807) is 43.5 Å². The number of rotatable bonds is 6. The number of anilines is 1. The predicted octanol–water partition coefficient (Wildman–Crippen LogP) is 3.80. The van der Waals surface area contributed by atoms with E-state index in [0.717, 1.165) is 0 Å². The fourth-order valence-corrected chi connectivity index (χ4v) is 3.10. The molecule has 6 nitrogen and oxygen atoms in total. The molecule has 1 amide bonds. The van der Waals surface area contributed by atoms with Crippen LogP contribution in [0.15, 0.2) is 58.4 Å². The van der Waals surface area contributed by atoms with Gasteiger partial charge in [0, 0.05) is 12.1 Å². The Kier molecular flexibility index (Phi) is 4.84. The summed E-state index contributed by atoms with van der Waals surface area (Å²) in [5.74, 6) is -0.237. The van der Waals surface area contributed by atoms with Gasteiger partial charge in [-0.15, -0.1) is 0 Å². The summed E-state index contributed by atoms with van der Waals surface area (Å²) in [4.78, 5) is 26.9. The summed E-state index contributed by atoms with van der Waals surface area (Å²) >= 11 is 0. The molecule has 6 heteroatoms. The molecule has 2 aromatic rings. The first-order chi connectivity index (χ1) is 12.4. The molecule has 1 aliphatic heterocycles. The van der Waals surface area contributed by atoms with Crippen LogP contribution in [0.25, 0.3) is 0 Å². The van der Waals surface area contributed by atoms with Gasteiger partial charge in [0.1, 0.15) is 17.6 Å². The van der Waals surface area contributed by atoms with Crippen LogP contribution >= 0.6 is 0 Å². The van der Waals surface area contributed by atoms with Crippen molar-refractivity contribution in [3.8, 4) is 5.75 Å². The molecule has 0 spiro atoms. The summed E-state index contributed by atoms with van der Waals surface area (Å²) in [5, 5.41) is 10.4. The third-order valence-corrected chi connectivity index (χ3v) is 4.27. The maximum absolute atomic E-state index is 12.8. The van der Waals surface area contributed by atoms with Gasteiger partial charge in [-0.3, -0.25) is 14.5 Å². The van der Waals surface area contributed by atoms with E-state index in [2.05, 4.69) is 0 Å². The van der Waals surface area contributed by atoms with Crippen molar-refractivity contribution in [2.75, 3.05) is 12.0 Å². The van der Waals surface area contributed by atoms with Crippen molar-refractivity contribution in [3.63, 3.8) is 0 Å². The van der Waals surface area contributed by atoms with Crippen LogP contribution in [0.1, 0.15) is 32.1 Å². The molecule has 26 heavy (non-hydrogen) atoms. The van der Waals surface area contributed by atoms with Crippen LogP contribution in [0.5, 0.6) is 5.75 Å². The fraction of sp³-hybridized carbons (Fsp3) is 0.300. The van der Waals surface area contributed by atoms with Crippen molar-refractivity contribution >= 4 is 17.4 Å². The SMILES string of the molecule is COc1ccc(N2C(=O)C(O)=C(C(=O)CC(C)C)C2c2ccco2)cc1.